The standard InChI is InChI=1S/C11H21N3O3.C2H6/c1-11(2,3)17-10(16)14-6-8(7-14)13-9(15)5-12-4;1-2/h8,12H,5-7H2,1-4H3,(H,13,15);1-2H3. The molecule has 0 saturated carbocycles. The molecule has 0 aromatic carbocycles. The highest BCUT2D eigenvalue weighted by Gasteiger charge is 2.34. The molecule has 0 aromatic rings. The smallest absolute Gasteiger partial charge is 0.410 e. The fraction of sp³-hybridized carbons (Fsp3) is 0.846. The molecular formula is C13H27N3O3. The highest BCUT2D eigenvalue weighted by molar-refractivity contribution is 5.79. The Bertz CT molecular complexity index is 294. The highest BCUT2D eigenvalue weighted by Crippen LogP contribution is 2.14. The maximum absolute atomic E-state index is 11.6. The van der Waals surface area contributed by atoms with Crippen LogP contribution >= 0.6 is 0 Å². The molecular weight excluding hydrogens is 246 g/mol. The Kier molecular flexibility index (Phi) is 7.44. The molecule has 2 N–H and O–H groups in total. The zero-order valence-corrected chi connectivity index (χ0v) is 12.9. The van der Waals surface area contributed by atoms with Crippen LogP contribution in [-0.2, 0) is 9.53 Å². The predicted molar refractivity (Wildman–Crippen MR) is 75.0 cm³/mol. The van der Waals surface area contributed by atoms with Gasteiger partial charge in [0.2, 0.25) is 5.91 Å². The summed E-state index contributed by atoms with van der Waals surface area (Å²) >= 11 is 0. The van der Waals surface area contributed by atoms with Crippen molar-refractivity contribution >= 4 is 12.0 Å². The lowest BCUT2D eigenvalue weighted by Gasteiger charge is -2.39. The van der Waals surface area contributed by atoms with E-state index in [1.165, 1.54) is 0 Å². The lowest BCUT2D eigenvalue weighted by atomic mass is 10.1. The summed E-state index contributed by atoms with van der Waals surface area (Å²) in [4.78, 5) is 24.4. The number of likely N-dealkylation sites (tertiary alicyclic amines) is 1. The van der Waals surface area contributed by atoms with E-state index in [9.17, 15) is 9.59 Å². The summed E-state index contributed by atoms with van der Waals surface area (Å²) in [6.45, 7) is 10.8. The fourth-order valence-electron chi connectivity index (χ4n) is 1.48. The number of nitrogens with one attached hydrogen (secondary N) is 2. The van der Waals surface area contributed by atoms with Gasteiger partial charge in [-0.1, -0.05) is 13.8 Å². The number of hydrogen-bond donors (Lipinski definition) is 2. The lowest BCUT2D eigenvalue weighted by Crippen LogP contribution is -2.62. The molecule has 2 amide bonds. The van der Waals surface area contributed by atoms with Crippen molar-refractivity contribution < 1.29 is 14.3 Å². The minimum absolute atomic E-state index is 0.0448. The maximum atomic E-state index is 11.6. The molecule has 0 spiro atoms. The van der Waals surface area contributed by atoms with Crippen LogP contribution in [-0.4, -0.2) is 55.2 Å². The highest BCUT2D eigenvalue weighted by atomic mass is 16.6. The van der Waals surface area contributed by atoms with Crippen molar-refractivity contribution in [2.24, 2.45) is 0 Å². The van der Waals surface area contributed by atoms with E-state index in [1.807, 2.05) is 34.6 Å². The van der Waals surface area contributed by atoms with E-state index in [0.29, 0.717) is 19.6 Å². The van der Waals surface area contributed by atoms with Gasteiger partial charge in [-0.2, -0.15) is 0 Å². The van der Waals surface area contributed by atoms with Crippen molar-refractivity contribution in [2.75, 3.05) is 26.7 Å². The zero-order valence-electron chi connectivity index (χ0n) is 12.9. The second-order valence-corrected chi connectivity index (χ2v) is 5.18. The Morgan fingerprint density at radius 2 is 1.79 bits per heavy atom. The fourth-order valence-corrected chi connectivity index (χ4v) is 1.48. The maximum Gasteiger partial charge on any atom is 0.410 e. The van der Waals surface area contributed by atoms with Gasteiger partial charge < -0.3 is 20.3 Å². The van der Waals surface area contributed by atoms with Gasteiger partial charge in [-0.3, -0.25) is 4.79 Å². The van der Waals surface area contributed by atoms with E-state index < -0.39 is 5.60 Å². The largest absolute Gasteiger partial charge is 0.444 e. The summed E-state index contributed by atoms with van der Waals surface area (Å²) in [6, 6.07) is 0.0448. The number of carbonyl (C=O) groups excluding carboxylic acids is 2. The van der Waals surface area contributed by atoms with Crippen LogP contribution in [0.5, 0.6) is 0 Å². The van der Waals surface area contributed by atoms with Gasteiger partial charge in [0, 0.05) is 13.1 Å². The number of ether oxygens (including phenoxy) is 1. The number of nitrogens with zero attached hydrogens (tertiary/aromatic N) is 1. The number of likely N-dealkylation sites (N-methyl/N-ethyl adjacent to an activating group) is 1. The number of hydrogen-bond acceptors (Lipinski definition) is 4. The lowest BCUT2D eigenvalue weighted by molar-refractivity contribution is -0.122. The Hall–Kier alpha value is -1.30. The molecule has 0 bridgehead atoms. The molecule has 0 radical (unpaired) electrons. The SMILES string of the molecule is CC.CNCC(=O)NC1CN(C(=O)OC(C)(C)C)C1. The van der Waals surface area contributed by atoms with Crippen LogP contribution in [0.25, 0.3) is 0 Å². The molecule has 0 aliphatic carbocycles. The third-order valence-electron chi connectivity index (χ3n) is 2.24. The molecule has 1 fully saturated rings. The van der Waals surface area contributed by atoms with Gasteiger partial charge >= 0.3 is 6.09 Å². The first-order chi connectivity index (χ1) is 8.81. The van der Waals surface area contributed by atoms with Gasteiger partial charge in [-0.15, -0.1) is 0 Å². The first-order valence-corrected chi connectivity index (χ1v) is 6.73. The quantitative estimate of drug-likeness (QED) is 0.804. The number of rotatable bonds is 3. The second kappa shape index (κ2) is 7.99. The van der Waals surface area contributed by atoms with Crippen LogP contribution in [0.15, 0.2) is 0 Å². The molecule has 1 heterocycles. The molecule has 6 nitrogen and oxygen atoms in total. The Labute approximate surface area is 115 Å². The molecule has 0 atom stereocenters. The normalized spacial score (nSPS) is 14.9. The van der Waals surface area contributed by atoms with Gasteiger partial charge in [0.1, 0.15) is 5.60 Å². The topological polar surface area (TPSA) is 70.7 Å². The molecule has 1 aliphatic rings. The van der Waals surface area contributed by atoms with Crippen molar-refractivity contribution in [3.63, 3.8) is 0 Å². The van der Waals surface area contributed by atoms with Gasteiger partial charge in [-0.05, 0) is 27.8 Å². The Morgan fingerprint density at radius 1 is 1.26 bits per heavy atom. The molecule has 19 heavy (non-hydrogen) atoms. The van der Waals surface area contributed by atoms with Crippen molar-refractivity contribution in [1.29, 1.82) is 0 Å². The average Bonchev–Trinajstić information content (AvgIpc) is 2.23. The summed E-state index contributed by atoms with van der Waals surface area (Å²) in [5, 5.41) is 5.58. The Balaban J connectivity index is 0.00000154. The van der Waals surface area contributed by atoms with E-state index in [-0.39, 0.29) is 18.0 Å². The van der Waals surface area contributed by atoms with E-state index in [1.54, 1.807) is 11.9 Å². The van der Waals surface area contributed by atoms with Crippen LogP contribution < -0.4 is 10.6 Å². The van der Waals surface area contributed by atoms with Gasteiger partial charge in [0.05, 0.1) is 12.6 Å². The van der Waals surface area contributed by atoms with Crippen molar-refractivity contribution in [2.45, 2.75) is 46.3 Å². The third-order valence-corrected chi connectivity index (χ3v) is 2.24. The second-order valence-electron chi connectivity index (χ2n) is 5.18. The van der Waals surface area contributed by atoms with E-state index in [0.717, 1.165) is 0 Å². The molecule has 1 aliphatic heterocycles. The molecule has 1 saturated heterocycles. The summed E-state index contributed by atoms with van der Waals surface area (Å²) in [7, 11) is 1.72. The van der Waals surface area contributed by atoms with Gasteiger partial charge in [0.15, 0.2) is 0 Å². The van der Waals surface area contributed by atoms with E-state index >= 15 is 0 Å². The monoisotopic (exact) mass is 273 g/mol. The summed E-state index contributed by atoms with van der Waals surface area (Å²) < 4.78 is 5.20. The minimum atomic E-state index is -0.475. The van der Waals surface area contributed by atoms with E-state index in [4.69, 9.17) is 4.74 Å². The van der Waals surface area contributed by atoms with Crippen molar-refractivity contribution in [3.05, 3.63) is 0 Å². The van der Waals surface area contributed by atoms with Gasteiger partial charge in [-0.25, -0.2) is 4.79 Å². The van der Waals surface area contributed by atoms with Crippen molar-refractivity contribution in [3.8, 4) is 0 Å². The molecule has 1 rings (SSSR count). The summed E-state index contributed by atoms with van der Waals surface area (Å²) in [5.41, 5.74) is -0.475. The third kappa shape index (κ3) is 7.00. The molecule has 112 valence electrons. The van der Waals surface area contributed by atoms with Crippen molar-refractivity contribution in [1.82, 2.24) is 15.5 Å². The first kappa shape index (κ1) is 17.7. The first-order valence-electron chi connectivity index (χ1n) is 6.73. The zero-order chi connectivity index (χ0) is 15.1. The molecule has 0 aromatic heterocycles. The number of carbonyl (C=O) groups is 2. The summed E-state index contributed by atoms with van der Waals surface area (Å²) in [5.74, 6) is -0.0543. The van der Waals surface area contributed by atoms with Crippen LogP contribution in [0, 0.1) is 0 Å². The van der Waals surface area contributed by atoms with Crippen LogP contribution in [0.3, 0.4) is 0 Å². The van der Waals surface area contributed by atoms with Crippen LogP contribution in [0.1, 0.15) is 34.6 Å². The minimum Gasteiger partial charge on any atom is -0.444 e. The predicted octanol–water partition coefficient (Wildman–Crippen LogP) is 0.968. The number of amides is 2. The summed E-state index contributed by atoms with van der Waals surface area (Å²) in [6.07, 6.45) is -0.323. The Morgan fingerprint density at radius 3 is 2.21 bits per heavy atom. The van der Waals surface area contributed by atoms with Crippen LogP contribution in [0.2, 0.25) is 0 Å². The van der Waals surface area contributed by atoms with E-state index in [2.05, 4.69) is 10.6 Å². The molecule has 6 heteroatoms. The molecule has 0 unspecified atom stereocenters. The van der Waals surface area contributed by atoms with Gasteiger partial charge in [0.25, 0.3) is 0 Å². The van der Waals surface area contributed by atoms with Crippen LogP contribution in [0.4, 0.5) is 4.79 Å². The average molecular weight is 273 g/mol.